The Kier molecular flexibility index (Phi) is 5.39. The van der Waals surface area contributed by atoms with Crippen molar-refractivity contribution in [1.29, 1.82) is 0 Å². The number of carbonyl (C=O) groups is 1. The lowest BCUT2D eigenvalue weighted by Gasteiger charge is -2.21. The van der Waals surface area contributed by atoms with Gasteiger partial charge >= 0.3 is 0 Å². The Bertz CT molecular complexity index is 907. The van der Waals surface area contributed by atoms with Gasteiger partial charge < -0.3 is 9.73 Å². The van der Waals surface area contributed by atoms with Crippen molar-refractivity contribution in [2.24, 2.45) is 0 Å². The number of carbonyl (C=O) groups excluding carboxylic acids is 1. The molecule has 142 valence electrons. The van der Waals surface area contributed by atoms with Crippen molar-refractivity contribution < 1.29 is 17.6 Å². The maximum atomic E-state index is 13.2. The lowest BCUT2D eigenvalue weighted by Crippen LogP contribution is -2.32. The second kappa shape index (κ2) is 7.40. The van der Waals surface area contributed by atoms with Crippen molar-refractivity contribution in [2.75, 3.05) is 13.1 Å². The van der Waals surface area contributed by atoms with Gasteiger partial charge in [-0.15, -0.1) is 0 Å². The standard InChI is InChI=1S/C19H26N2O4S/c1-4-11-21(12-5-2)26(23,24)16-8-6-7-15-17(16)13(3)18(25-15)19(22)20-14-9-10-14/h6-8,14H,4-5,9-12H2,1-3H3,(H,20,22). The molecule has 1 aliphatic rings. The number of nitrogens with one attached hydrogen (secondary N) is 1. The second-order valence-electron chi connectivity index (χ2n) is 6.84. The zero-order valence-corrected chi connectivity index (χ0v) is 16.4. The van der Waals surface area contributed by atoms with E-state index in [9.17, 15) is 13.2 Å². The number of furan rings is 1. The monoisotopic (exact) mass is 378 g/mol. The molecule has 0 radical (unpaired) electrons. The molecule has 1 aliphatic carbocycles. The van der Waals surface area contributed by atoms with Crippen LogP contribution < -0.4 is 5.32 Å². The average molecular weight is 378 g/mol. The summed E-state index contributed by atoms with van der Waals surface area (Å²) in [5, 5.41) is 3.41. The smallest absolute Gasteiger partial charge is 0.287 e. The summed E-state index contributed by atoms with van der Waals surface area (Å²) in [4.78, 5) is 12.6. The number of hydrogen-bond acceptors (Lipinski definition) is 4. The van der Waals surface area contributed by atoms with Crippen LogP contribution in [-0.4, -0.2) is 37.8 Å². The Morgan fingerprint density at radius 3 is 2.46 bits per heavy atom. The summed E-state index contributed by atoms with van der Waals surface area (Å²) >= 11 is 0. The molecule has 0 aliphatic heterocycles. The first-order chi connectivity index (χ1) is 12.4. The summed E-state index contributed by atoms with van der Waals surface area (Å²) in [7, 11) is -3.66. The molecule has 0 atom stereocenters. The van der Waals surface area contributed by atoms with Gasteiger partial charge in [0, 0.05) is 30.1 Å². The van der Waals surface area contributed by atoms with E-state index in [1.54, 1.807) is 25.1 Å². The molecule has 3 rings (SSSR count). The van der Waals surface area contributed by atoms with Gasteiger partial charge in [0.1, 0.15) is 5.58 Å². The molecule has 1 N–H and O–H groups in total. The SMILES string of the molecule is CCCN(CCC)S(=O)(=O)c1cccc2oc(C(=O)NC3CC3)c(C)c12. The maximum Gasteiger partial charge on any atom is 0.287 e. The molecule has 1 fully saturated rings. The topological polar surface area (TPSA) is 79.6 Å². The number of aryl methyl sites for hydroxylation is 1. The van der Waals surface area contributed by atoms with Crippen molar-refractivity contribution >= 4 is 26.9 Å². The Morgan fingerprint density at radius 2 is 1.88 bits per heavy atom. The summed E-state index contributed by atoms with van der Waals surface area (Å²) in [6.07, 6.45) is 3.45. The molecule has 1 aromatic carbocycles. The van der Waals surface area contributed by atoms with E-state index in [1.165, 1.54) is 4.31 Å². The number of sulfonamides is 1. The number of rotatable bonds is 8. The van der Waals surface area contributed by atoms with Crippen molar-refractivity contribution in [3.63, 3.8) is 0 Å². The van der Waals surface area contributed by atoms with E-state index in [-0.39, 0.29) is 22.6 Å². The van der Waals surface area contributed by atoms with Crippen LogP contribution in [0.25, 0.3) is 11.0 Å². The highest BCUT2D eigenvalue weighted by molar-refractivity contribution is 7.89. The molecule has 0 unspecified atom stereocenters. The quantitative estimate of drug-likeness (QED) is 0.763. The summed E-state index contributed by atoms with van der Waals surface area (Å²) in [5.41, 5.74) is 1.00. The second-order valence-corrected chi connectivity index (χ2v) is 8.74. The van der Waals surface area contributed by atoms with E-state index in [4.69, 9.17) is 4.42 Å². The Labute approximate surface area is 154 Å². The van der Waals surface area contributed by atoms with Gasteiger partial charge in [-0.05, 0) is 44.7 Å². The number of fused-ring (bicyclic) bond motifs is 1. The molecule has 0 spiro atoms. The molecule has 26 heavy (non-hydrogen) atoms. The minimum Gasteiger partial charge on any atom is -0.451 e. The van der Waals surface area contributed by atoms with Crippen LogP contribution in [0.2, 0.25) is 0 Å². The van der Waals surface area contributed by atoms with E-state index in [2.05, 4.69) is 5.32 Å². The maximum absolute atomic E-state index is 13.2. The molecule has 1 heterocycles. The predicted octanol–water partition coefficient (Wildman–Crippen LogP) is 3.44. The molecule has 7 heteroatoms. The number of hydrogen-bond donors (Lipinski definition) is 1. The van der Waals surface area contributed by atoms with Crippen molar-refractivity contribution in [2.45, 2.75) is 57.4 Å². The minimum atomic E-state index is -3.66. The molecule has 6 nitrogen and oxygen atoms in total. The van der Waals surface area contributed by atoms with E-state index in [0.717, 1.165) is 25.7 Å². The summed E-state index contributed by atoms with van der Waals surface area (Å²) < 4.78 is 33.7. The van der Waals surface area contributed by atoms with Gasteiger partial charge in [-0.3, -0.25) is 4.79 Å². The average Bonchev–Trinajstić information content (AvgIpc) is 3.35. The summed E-state index contributed by atoms with van der Waals surface area (Å²) in [6.45, 7) is 6.61. The van der Waals surface area contributed by atoms with Crippen LogP contribution in [0.3, 0.4) is 0 Å². The van der Waals surface area contributed by atoms with Crippen LogP contribution in [-0.2, 0) is 10.0 Å². The lowest BCUT2D eigenvalue weighted by molar-refractivity contribution is 0.0924. The highest BCUT2D eigenvalue weighted by Gasteiger charge is 2.30. The van der Waals surface area contributed by atoms with Gasteiger partial charge in [-0.2, -0.15) is 4.31 Å². The van der Waals surface area contributed by atoms with Crippen LogP contribution in [0.4, 0.5) is 0 Å². The van der Waals surface area contributed by atoms with E-state index < -0.39 is 10.0 Å². The summed E-state index contributed by atoms with van der Waals surface area (Å²) in [6, 6.07) is 5.18. The normalized spacial score (nSPS) is 14.9. The van der Waals surface area contributed by atoms with E-state index in [1.807, 2.05) is 13.8 Å². The summed E-state index contributed by atoms with van der Waals surface area (Å²) in [5.74, 6) is -0.0735. The van der Waals surface area contributed by atoms with Gasteiger partial charge in [0.15, 0.2) is 5.76 Å². The fourth-order valence-corrected chi connectivity index (χ4v) is 5.05. The van der Waals surface area contributed by atoms with Crippen molar-refractivity contribution in [1.82, 2.24) is 9.62 Å². The Balaban J connectivity index is 2.08. The highest BCUT2D eigenvalue weighted by Crippen LogP contribution is 2.33. The fraction of sp³-hybridized carbons (Fsp3) is 0.526. The first-order valence-corrected chi connectivity index (χ1v) is 10.7. The largest absolute Gasteiger partial charge is 0.451 e. The van der Waals surface area contributed by atoms with Crippen molar-refractivity contribution in [3.8, 4) is 0 Å². The molecule has 0 bridgehead atoms. The Hall–Kier alpha value is -1.86. The minimum absolute atomic E-state index is 0.201. The van der Waals surface area contributed by atoms with Gasteiger partial charge in [0.05, 0.1) is 4.90 Å². The van der Waals surface area contributed by atoms with Crippen LogP contribution in [0.5, 0.6) is 0 Å². The van der Waals surface area contributed by atoms with Crippen LogP contribution in [0.15, 0.2) is 27.5 Å². The van der Waals surface area contributed by atoms with Crippen molar-refractivity contribution in [3.05, 3.63) is 29.5 Å². The molecule has 1 saturated carbocycles. The van der Waals surface area contributed by atoms with Crippen LogP contribution in [0.1, 0.15) is 55.6 Å². The lowest BCUT2D eigenvalue weighted by atomic mass is 10.1. The predicted molar refractivity (Wildman–Crippen MR) is 101 cm³/mol. The van der Waals surface area contributed by atoms with Crippen LogP contribution in [0, 0.1) is 6.92 Å². The number of amides is 1. The zero-order valence-electron chi connectivity index (χ0n) is 15.5. The van der Waals surface area contributed by atoms with Crippen LogP contribution >= 0.6 is 0 Å². The molecule has 2 aromatic rings. The number of benzene rings is 1. The third kappa shape index (κ3) is 3.50. The van der Waals surface area contributed by atoms with Gasteiger partial charge in [-0.1, -0.05) is 19.9 Å². The third-order valence-electron chi connectivity index (χ3n) is 4.60. The highest BCUT2D eigenvalue weighted by atomic mass is 32.2. The number of nitrogens with zero attached hydrogens (tertiary/aromatic N) is 1. The third-order valence-corrected chi connectivity index (χ3v) is 6.54. The first-order valence-electron chi connectivity index (χ1n) is 9.23. The van der Waals surface area contributed by atoms with E-state index >= 15 is 0 Å². The van der Waals surface area contributed by atoms with Gasteiger partial charge in [0.25, 0.3) is 5.91 Å². The van der Waals surface area contributed by atoms with Gasteiger partial charge in [0.2, 0.25) is 10.0 Å². The van der Waals surface area contributed by atoms with Gasteiger partial charge in [-0.25, -0.2) is 8.42 Å². The fourth-order valence-electron chi connectivity index (χ4n) is 3.17. The molecular weight excluding hydrogens is 352 g/mol. The first kappa shape index (κ1) is 18.9. The molecule has 1 aromatic heterocycles. The van der Waals surface area contributed by atoms with E-state index in [0.29, 0.717) is 29.6 Å². The zero-order chi connectivity index (χ0) is 18.9. The molecule has 1 amide bonds. The molecule has 0 saturated heterocycles. The Morgan fingerprint density at radius 1 is 1.23 bits per heavy atom. The molecular formula is C19H26N2O4S.